The maximum absolute atomic E-state index is 12.2. The van der Waals surface area contributed by atoms with E-state index >= 15 is 0 Å². The summed E-state index contributed by atoms with van der Waals surface area (Å²) in [6.45, 7) is 6.73. The largest absolute Gasteiger partial charge is 0.316 e. The van der Waals surface area contributed by atoms with Crippen molar-refractivity contribution in [3.63, 3.8) is 0 Å². The van der Waals surface area contributed by atoms with Crippen LogP contribution >= 0.6 is 11.3 Å². The van der Waals surface area contributed by atoms with Crippen LogP contribution in [0.3, 0.4) is 0 Å². The van der Waals surface area contributed by atoms with Gasteiger partial charge in [0.15, 0.2) is 0 Å². The molecule has 4 nitrogen and oxygen atoms in total. The molecule has 6 heteroatoms. The lowest BCUT2D eigenvalue weighted by atomic mass is 10.0. The molecule has 0 aliphatic rings. The van der Waals surface area contributed by atoms with Gasteiger partial charge < -0.3 is 5.32 Å². The first-order chi connectivity index (χ1) is 8.40. The molecule has 0 fully saturated rings. The molecule has 104 valence electrons. The molecule has 1 aromatic heterocycles. The quantitative estimate of drug-likeness (QED) is 0.809. The summed E-state index contributed by atoms with van der Waals surface area (Å²) >= 11 is 1.27. The van der Waals surface area contributed by atoms with E-state index in [0.717, 1.165) is 12.0 Å². The van der Waals surface area contributed by atoms with Gasteiger partial charge in [-0.25, -0.2) is 13.1 Å². The number of thiophene rings is 1. The fraction of sp³-hybridized carbons (Fsp3) is 0.667. The van der Waals surface area contributed by atoms with Crippen molar-refractivity contribution in [2.24, 2.45) is 5.92 Å². The van der Waals surface area contributed by atoms with Crippen LogP contribution in [0.15, 0.2) is 15.7 Å². The van der Waals surface area contributed by atoms with Crippen LogP contribution in [-0.2, 0) is 16.6 Å². The Hall–Kier alpha value is -0.430. The third-order valence-corrected chi connectivity index (χ3v) is 5.80. The molecule has 0 amide bonds. The zero-order valence-corrected chi connectivity index (χ0v) is 13.0. The van der Waals surface area contributed by atoms with Crippen LogP contribution in [0.4, 0.5) is 0 Å². The van der Waals surface area contributed by atoms with Gasteiger partial charge in [0, 0.05) is 12.6 Å². The minimum Gasteiger partial charge on any atom is -0.316 e. The molecule has 1 heterocycles. The average molecular weight is 290 g/mol. The Labute approximate surface area is 114 Å². The van der Waals surface area contributed by atoms with Gasteiger partial charge in [0.25, 0.3) is 0 Å². The molecule has 0 saturated carbocycles. The molecule has 1 atom stereocenters. The molecular formula is C12H22N2O2S2. The van der Waals surface area contributed by atoms with Crippen molar-refractivity contribution in [2.45, 2.75) is 44.0 Å². The molecule has 0 spiro atoms. The van der Waals surface area contributed by atoms with E-state index in [2.05, 4.69) is 10.0 Å². The molecular weight excluding hydrogens is 268 g/mol. The van der Waals surface area contributed by atoms with Gasteiger partial charge >= 0.3 is 0 Å². The van der Waals surface area contributed by atoms with Gasteiger partial charge in [-0.3, -0.25) is 0 Å². The first kappa shape index (κ1) is 15.6. The van der Waals surface area contributed by atoms with Crippen molar-refractivity contribution in [1.29, 1.82) is 0 Å². The summed E-state index contributed by atoms with van der Waals surface area (Å²) in [5, 5.41) is 4.89. The lowest BCUT2D eigenvalue weighted by Gasteiger charge is -2.19. The predicted octanol–water partition coefficient (Wildman–Crippen LogP) is 2.18. The molecule has 18 heavy (non-hydrogen) atoms. The van der Waals surface area contributed by atoms with E-state index in [-0.39, 0.29) is 6.04 Å². The summed E-state index contributed by atoms with van der Waals surface area (Å²) in [7, 11) is -1.53. The molecule has 0 aliphatic heterocycles. The molecule has 0 saturated heterocycles. The molecule has 0 aromatic carbocycles. The number of rotatable bonds is 7. The highest BCUT2D eigenvalue weighted by Gasteiger charge is 2.22. The van der Waals surface area contributed by atoms with Gasteiger partial charge in [0.05, 0.1) is 0 Å². The lowest BCUT2D eigenvalue weighted by Crippen LogP contribution is -2.37. The molecule has 1 aromatic rings. The Morgan fingerprint density at radius 3 is 2.56 bits per heavy atom. The van der Waals surface area contributed by atoms with Crippen molar-refractivity contribution in [3.8, 4) is 0 Å². The van der Waals surface area contributed by atoms with Gasteiger partial charge in [-0.05, 0) is 36.4 Å². The first-order valence-corrected chi connectivity index (χ1v) is 8.51. The summed E-state index contributed by atoms with van der Waals surface area (Å²) < 4.78 is 27.6. The monoisotopic (exact) mass is 290 g/mol. The zero-order valence-electron chi connectivity index (χ0n) is 11.4. The van der Waals surface area contributed by atoms with E-state index < -0.39 is 10.0 Å². The van der Waals surface area contributed by atoms with Gasteiger partial charge in [-0.1, -0.05) is 20.8 Å². The van der Waals surface area contributed by atoms with E-state index in [0.29, 0.717) is 16.7 Å². The lowest BCUT2D eigenvalue weighted by molar-refractivity contribution is 0.438. The first-order valence-electron chi connectivity index (χ1n) is 6.15. The van der Waals surface area contributed by atoms with E-state index in [9.17, 15) is 8.42 Å². The van der Waals surface area contributed by atoms with Crippen molar-refractivity contribution in [2.75, 3.05) is 7.05 Å². The Morgan fingerprint density at radius 2 is 2.06 bits per heavy atom. The highest BCUT2D eigenvalue weighted by molar-refractivity contribution is 7.91. The number of hydrogen-bond donors (Lipinski definition) is 2. The topological polar surface area (TPSA) is 58.2 Å². The van der Waals surface area contributed by atoms with Crippen molar-refractivity contribution in [3.05, 3.63) is 17.0 Å². The third kappa shape index (κ3) is 4.05. The van der Waals surface area contributed by atoms with Crippen molar-refractivity contribution < 1.29 is 8.42 Å². The van der Waals surface area contributed by atoms with Crippen molar-refractivity contribution >= 4 is 21.4 Å². The third-order valence-electron chi connectivity index (χ3n) is 2.83. The Morgan fingerprint density at radius 1 is 1.39 bits per heavy atom. The minimum absolute atomic E-state index is 0.00940. The fourth-order valence-electron chi connectivity index (χ4n) is 1.74. The number of nitrogens with one attached hydrogen (secondary N) is 2. The molecule has 1 rings (SSSR count). The Bertz CT molecular complexity index is 466. The molecule has 0 aliphatic carbocycles. The summed E-state index contributed by atoms with van der Waals surface area (Å²) in [4.78, 5) is 0. The summed E-state index contributed by atoms with van der Waals surface area (Å²) in [5.41, 5.74) is 1.00. The van der Waals surface area contributed by atoms with Crippen LogP contribution in [0.1, 0.15) is 32.8 Å². The van der Waals surface area contributed by atoms with Crippen LogP contribution in [0.25, 0.3) is 0 Å². The van der Waals surface area contributed by atoms with Crippen LogP contribution in [0.5, 0.6) is 0 Å². The van der Waals surface area contributed by atoms with Crippen molar-refractivity contribution in [1.82, 2.24) is 10.0 Å². The van der Waals surface area contributed by atoms with E-state index in [1.807, 2.05) is 33.2 Å². The second kappa shape index (κ2) is 6.65. The summed E-state index contributed by atoms with van der Waals surface area (Å²) in [5.74, 6) is 0.293. The zero-order chi connectivity index (χ0) is 13.8. The van der Waals surface area contributed by atoms with Gasteiger partial charge in [0.2, 0.25) is 10.0 Å². The standard InChI is InChI=1S/C12H22N2O2S2/c1-5-11(9(2)3)14-18(15,16)12-6-10(7-13-4)8-17-12/h6,8-9,11,13-14H,5,7H2,1-4H3. The number of hydrogen-bond acceptors (Lipinski definition) is 4. The highest BCUT2D eigenvalue weighted by Crippen LogP contribution is 2.21. The minimum atomic E-state index is -3.37. The normalized spacial score (nSPS) is 14.1. The molecule has 0 bridgehead atoms. The second-order valence-corrected chi connectivity index (χ2v) is 7.54. The van der Waals surface area contributed by atoms with Crippen LogP contribution < -0.4 is 10.0 Å². The summed E-state index contributed by atoms with van der Waals surface area (Å²) in [6, 6.07) is 1.72. The van der Waals surface area contributed by atoms with E-state index in [1.54, 1.807) is 6.07 Å². The highest BCUT2D eigenvalue weighted by atomic mass is 32.2. The van der Waals surface area contributed by atoms with E-state index in [4.69, 9.17) is 0 Å². The van der Waals surface area contributed by atoms with Gasteiger partial charge in [0.1, 0.15) is 4.21 Å². The molecule has 1 unspecified atom stereocenters. The maximum atomic E-state index is 12.2. The molecule has 2 N–H and O–H groups in total. The van der Waals surface area contributed by atoms with Gasteiger partial charge in [-0.15, -0.1) is 11.3 Å². The van der Waals surface area contributed by atoms with Crippen LogP contribution in [0, 0.1) is 5.92 Å². The maximum Gasteiger partial charge on any atom is 0.250 e. The predicted molar refractivity (Wildman–Crippen MR) is 76.3 cm³/mol. The van der Waals surface area contributed by atoms with Crippen LogP contribution in [0.2, 0.25) is 0 Å². The SMILES string of the molecule is CCC(NS(=O)(=O)c1cc(CNC)cs1)C(C)C. The summed E-state index contributed by atoms with van der Waals surface area (Å²) in [6.07, 6.45) is 0.797. The fourth-order valence-corrected chi connectivity index (χ4v) is 4.43. The molecule has 0 radical (unpaired) electrons. The van der Waals surface area contributed by atoms with Gasteiger partial charge in [-0.2, -0.15) is 0 Å². The second-order valence-electron chi connectivity index (χ2n) is 4.68. The smallest absolute Gasteiger partial charge is 0.250 e. The Kier molecular flexibility index (Phi) is 5.78. The average Bonchev–Trinajstić information content (AvgIpc) is 2.75. The Balaban J connectivity index is 2.85. The number of sulfonamides is 1. The van der Waals surface area contributed by atoms with Crippen LogP contribution in [-0.4, -0.2) is 21.5 Å². The van der Waals surface area contributed by atoms with E-state index in [1.165, 1.54) is 11.3 Å².